The Morgan fingerprint density at radius 3 is 2.44 bits per heavy atom. The van der Waals surface area contributed by atoms with E-state index in [9.17, 15) is 14.7 Å². The number of amides is 2. The van der Waals surface area contributed by atoms with E-state index in [1.54, 1.807) is 11.8 Å². The number of carbonyl (C=O) groups is 2. The van der Waals surface area contributed by atoms with Crippen molar-refractivity contribution in [2.45, 2.75) is 38.3 Å². The average molecular weight is 230 g/mol. The SMILES string of the molecule is CC[C@H](NC(=O)N1CCC(O)CC1)C(=O)O. The Bertz CT molecular complexity index is 262. The minimum atomic E-state index is -1.02. The number of urea groups is 1. The number of hydrogen-bond donors (Lipinski definition) is 3. The second-order valence-corrected chi connectivity index (χ2v) is 3.97. The number of nitrogens with zero attached hydrogens (tertiary/aromatic N) is 1. The van der Waals surface area contributed by atoms with E-state index in [0.29, 0.717) is 32.4 Å². The molecule has 1 atom stereocenters. The molecule has 0 spiro atoms. The van der Waals surface area contributed by atoms with Crippen LogP contribution in [0, 0.1) is 0 Å². The summed E-state index contributed by atoms with van der Waals surface area (Å²) in [7, 11) is 0. The monoisotopic (exact) mass is 230 g/mol. The van der Waals surface area contributed by atoms with Crippen molar-refractivity contribution in [2.75, 3.05) is 13.1 Å². The van der Waals surface area contributed by atoms with Gasteiger partial charge in [-0.05, 0) is 19.3 Å². The van der Waals surface area contributed by atoms with Crippen molar-refractivity contribution >= 4 is 12.0 Å². The van der Waals surface area contributed by atoms with Crippen LogP contribution in [0.25, 0.3) is 0 Å². The van der Waals surface area contributed by atoms with Gasteiger partial charge in [0.05, 0.1) is 6.10 Å². The van der Waals surface area contributed by atoms with Crippen molar-refractivity contribution < 1.29 is 19.8 Å². The fourth-order valence-electron chi connectivity index (χ4n) is 1.65. The lowest BCUT2D eigenvalue weighted by Crippen LogP contribution is -2.50. The first-order chi connectivity index (χ1) is 7.54. The summed E-state index contributed by atoms with van der Waals surface area (Å²) in [5, 5.41) is 20.5. The van der Waals surface area contributed by atoms with Gasteiger partial charge >= 0.3 is 12.0 Å². The largest absolute Gasteiger partial charge is 0.480 e. The molecule has 0 radical (unpaired) electrons. The van der Waals surface area contributed by atoms with Crippen LogP contribution in [-0.4, -0.2) is 52.3 Å². The Morgan fingerprint density at radius 2 is 2.00 bits per heavy atom. The molecular formula is C10H18N2O4. The lowest BCUT2D eigenvalue weighted by atomic mass is 10.1. The maximum atomic E-state index is 11.6. The quantitative estimate of drug-likeness (QED) is 0.637. The van der Waals surface area contributed by atoms with E-state index in [2.05, 4.69) is 5.32 Å². The van der Waals surface area contributed by atoms with E-state index in [0.717, 1.165) is 0 Å². The highest BCUT2D eigenvalue weighted by atomic mass is 16.4. The highest BCUT2D eigenvalue weighted by molar-refractivity contribution is 5.82. The van der Waals surface area contributed by atoms with Gasteiger partial charge in [-0.3, -0.25) is 0 Å². The number of likely N-dealkylation sites (tertiary alicyclic amines) is 1. The molecule has 1 aliphatic heterocycles. The molecule has 1 fully saturated rings. The van der Waals surface area contributed by atoms with E-state index in [1.807, 2.05) is 0 Å². The van der Waals surface area contributed by atoms with Crippen molar-refractivity contribution in [3.05, 3.63) is 0 Å². The van der Waals surface area contributed by atoms with Crippen molar-refractivity contribution in [2.24, 2.45) is 0 Å². The van der Waals surface area contributed by atoms with Crippen LogP contribution in [0.15, 0.2) is 0 Å². The Kier molecular flexibility index (Phi) is 4.54. The van der Waals surface area contributed by atoms with Gasteiger partial charge in [0.15, 0.2) is 0 Å². The van der Waals surface area contributed by atoms with E-state index in [1.165, 1.54) is 0 Å². The molecule has 3 N–H and O–H groups in total. The summed E-state index contributed by atoms with van der Waals surface area (Å²) in [4.78, 5) is 23.9. The van der Waals surface area contributed by atoms with E-state index in [-0.39, 0.29) is 12.1 Å². The molecule has 0 aromatic carbocycles. The van der Waals surface area contributed by atoms with Gasteiger partial charge in [0, 0.05) is 13.1 Å². The Hall–Kier alpha value is -1.30. The standard InChI is InChI=1S/C10H18N2O4/c1-2-8(9(14)15)11-10(16)12-5-3-7(13)4-6-12/h7-8,13H,2-6H2,1H3,(H,11,16)(H,14,15)/t8-/m0/s1. The molecule has 0 aromatic heterocycles. The molecule has 6 heteroatoms. The van der Waals surface area contributed by atoms with Gasteiger partial charge < -0.3 is 20.4 Å². The van der Waals surface area contributed by atoms with Crippen molar-refractivity contribution in [1.29, 1.82) is 0 Å². The molecule has 0 bridgehead atoms. The van der Waals surface area contributed by atoms with E-state index >= 15 is 0 Å². The smallest absolute Gasteiger partial charge is 0.326 e. The third-order valence-corrected chi connectivity index (χ3v) is 2.76. The van der Waals surface area contributed by atoms with E-state index in [4.69, 9.17) is 5.11 Å². The number of aliphatic hydroxyl groups excluding tert-OH is 1. The second-order valence-electron chi connectivity index (χ2n) is 3.97. The van der Waals surface area contributed by atoms with Crippen LogP contribution in [0.1, 0.15) is 26.2 Å². The zero-order chi connectivity index (χ0) is 12.1. The average Bonchev–Trinajstić information content (AvgIpc) is 2.26. The topological polar surface area (TPSA) is 89.9 Å². The molecule has 0 unspecified atom stereocenters. The number of carbonyl (C=O) groups excluding carboxylic acids is 1. The van der Waals surface area contributed by atoms with Gasteiger partial charge in [0.2, 0.25) is 0 Å². The van der Waals surface area contributed by atoms with Crippen LogP contribution in [0.5, 0.6) is 0 Å². The number of aliphatic carboxylic acids is 1. The lowest BCUT2D eigenvalue weighted by molar-refractivity contribution is -0.139. The van der Waals surface area contributed by atoms with Crippen LogP contribution in [0.2, 0.25) is 0 Å². The molecule has 0 aromatic rings. The molecule has 1 aliphatic rings. The third kappa shape index (κ3) is 3.37. The van der Waals surface area contributed by atoms with E-state index < -0.39 is 12.0 Å². The predicted octanol–water partition coefficient (Wildman–Crippen LogP) is 0.0159. The van der Waals surface area contributed by atoms with Gasteiger partial charge in [-0.15, -0.1) is 0 Å². The van der Waals surface area contributed by atoms with Crippen molar-refractivity contribution in [3.63, 3.8) is 0 Å². The molecule has 1 saturated heterocycles. The summed E-state index contributed by atoms with van der Waals surface area (Å²) in [6.45, 7) is 2.66. The molecular weight excluding hydrogens is 212 g/mol. The zero-order valence-corrected chi connectivity index (χ0v) is 9.35. The van der Waals surface area contributed by atoms with Crippen molar-refractivity contribution in [1.82, 2.24) is 10.2 Å². The fourth-order valence-corrected chi connectivity index (χ4v) is 1.65. The van der Waals surface area contributed by atoms with Gasteiger partial charge in [-0.1, -0.05) is 6.92 Å². The number of carboxylic acid groups (broad SMARTS) is 1. The van der Waals surface area contributed by atoms with Crippen molar-refractivity contribution in [3.8, 4) is 0 Å². The second kappa shape index (κ2) is 5.69. The number of rotatable bonds is 3. The summed E-state index contributed by atoms with van der Waals surface area (Å²) in [5.41, 5.74) is 0. The first-order valence-electron chi connectivity index (χ1n) is 5.51. The fraction of sp³-hybridized carbons (Fsp3) is 0.800. The summed E-state index contributed by atoms with van der Waals surface area (Å²) in [5.74, 6) is -1.02. The van der Waals surface area contributed by atoms with Gasteiger partial charge in [-0.2, -0.15) is 0 Å². The molecule has 0 aliphatic carbocycles. The maximum Gasteiger partial charge on any atom is 0.326 e. The Morgan fingerprint density at radius 1 is 1.44 bits per heavy atom. The highest BCUT2D eigenvalue weighted by Crippen LogP contribution is 2.10. The molecule has 0 saturated carbocycles. The van der Waals surface area contributed by atoms with Gasteiger partial charge in [-0.25, -0.2) is 9.59 Å². The molecule has 92 valence electrons. The first kappa shape index (κ1) is 12.8. The van der Waals surface area contributed by atoms with Crippen LogP contribution < -0.4 is 5.32 Å². The number of hydrogen-bond acceptors (Lipinski definition) is 3. The predicted molar refractivity (Wildman–Crippen MR) is 57.1 cm³/mol. The summed E-state index contributed by atoms with van der Waals surface area (Å²) >= 11 is 0. The van der Waals surface area contributed by atoms with Gasteiger partial charge in [0.25, 0.3) is 0 Å². The number of aliphatic hydroxyl groups is 1. The lowest BCUT2D eigenvalue weighted by Gasteiger charge is -2.30. The molecule has 16 heavy (non-hydrogen) atoms. The minimum absolute atomic E-state index is 0.342. The normalized spacial score (nSPS) is 19.2. The first-order valence-corrected chi connectivity index (χ1v) is 5.51. The number of piperidine rings is 1. The molecule has 1 rings (SSSR count). The summed E-state index contributed by atoms with van der Waals surface area (Å²) < 4.78 is 0. The summed E-state index contributed by atoms with van der Waals surface area (Å²) in [6, 6.07) is -1.19. The van der Waals surface area contributed by atoms with Crippen LogP contribution in [0.3, 0.4) is 0 Å². The zero-order valence-electron chi connectivity index (χ0n) is 9.35. The third-order valence-electron chi connectivity index (χ3n) is 2.76. The van der Waals surface area contributed by atoms with Crippen LogP contribution in [-0.2, 0) is 4.79 Å². The summed E-state index contributed by atoms with van der Waals surface area (Å²) in [6.07, 6.45) is 1.12. The Labute approximate surface area is 94.2 Å². The maximum absolute atomic E-state index is 11.6. The highest BCUT2D eigenvalue weighted by Gasteiger charge is 2.24. The number of nitrogens with one attached hydrogen (secondary N) is 1. The Balaban J connectivity index is 2.42. The molecule has 1 heterocycles. The number of carboxylic acids is 1. The van der Waals surface area contributed by atoms with Crippen LogP contribution in [0.4, 0.5) is 4.79 Å². The van der Waals surface area contributed by atoms with Gasteiger partial charge in [0.1, 0.15) is 6.04 Å². The minimum Gasteiger partial charge on any atom is -0.480 e. The van der Waals surface area contributed by atoms with Crippen LogP contribution >= 0.6 is 0 Å². The molecule has 2 amide bonds. The molecule has 6 nitrogen and oxygen atoms in total.